The lowest BCUT2D eigenvalue weighted by Crippen LogP contribution is -2.25. The molecule has 3 heteroatoms. The Bertz CT molecular complexity index is 554. The molecule has 0 aliphatic heterocycles. The van der Waals surface area contributed by atoms with Crippen LogP contribution in [0.4, 0.5) is 0 Å². The Morgan fingerprint density at radius 3 is 2.38 bits per heavy atom. The first-order chi connectivity index (χ1) is 10.2. The molecule has 2 aromatic carbocycles. The first-order valence-electron chi connectivity index (χ1n) is 7.40. The van der Waals surface area contributed by atoms with Crippen molar-refractivity contribution < 1.29 is 0 Å². The highest BCUT2D eigenvalue weighted by Gasteiger charge is 2.08. The van der Waals surface area contributed by atoms with E-state index in [0.29, 0.717) is 0 Å². The Hall–Kier alpha value is -1.35. The van der Waals surface area contributed by atoms with E-state index in [1.54, 1.807) is 0 Å². The molecule has 0 heterocycles. The maximum absolute atomic E-state index is 6.22. The predicted octanol–water partition coefficient (Wildman–Crippen LogP) is 4.00. The summed E-state index contributed by atoms with van der Waals surface area (Å²) in [5, 5.41) is 0.839. The van der Waals surface area contributed by atoms with E-state index in [2.05, 4.69) is 47.4 Å². The molecule has 0 aromatic heterocycles. The fourth-order valence-corrected chi connectivity index (χ4v) is 2.57. The Kier molecular flexibility index (Phi) is 6.24. The molecule has 0 amide bonds. The molecule has 0 unspecified atom stereocenters. The monoisotopic (exact) mass is 302 g/mol. The van der Waals surface area contributed by atoms with Crippen LogP contribution in [-0.4, -0.2) is 18.0 Å². The third-order valence-electron chi connectivity index (χ3n) is 3.57. The van der Waals surface area contributed by atoms with Crippen molar-refractivity contribution in [2.45, 2.75) is 26.4 Å². The van der Waals surface area contributed by atoms with Gasteiger partial charge in [0.25, 0.3) is 0 Å². The van der Waals surface area contributed by atoms with E-state index >= 15 is 0 Å². The highest BCUT2D eigenvalue weighted by atomic mass is 35.5. The highest BCUT2D eigenvalue weighted by Crippen LogP contribution is 2.18. The molecular weight excluding hydrogens is 280 g/mol. The van der Waals surface area contributed by atoms with Gasteiger partial charge in [0.05, 0.1) is 0 Å². The third-order valence-corrected chi connectivity index (χ3v) is 3.98. The van der Waals surface area contributed by atoms with Gasteiger partial charge in [-0.1, -0.05) is 54.1 Å². The first kappa shape index (κ1) is 16.0. The van der Waals surface area contributed by atoms with Crippen LogP contribution >= 0.6 is 11.6 Å². The maximum atomic E-state index is 6.22. The lowest BCUT2D eigenvalue weighted by molar-refractivity contribution is 0.255. The van der Waals surface area contributed by atoms with Gasteiger partial charge in [-0.25, -0.2) is 0 Å². The molecule has 0 saturated heterocycles. The molecule has 0 aliphatic rings. The van der Waals surface area contributed by atoms with Gasteiger partial charge in [0.2, 0.25) is 0 Å². The SMILES string of the molecule is Cc1ccc(CN(CCCN)Cc2ccccc2)cc1Cl. The Morgan fingerprint density at radius 1 is 1.00 bits per heavy atom. The molecule has 0 aliphatic carbocycles. The molecule has 0 radical (unpaired) electrons. The fourth-order valence-electron chi connectivity index (χ4n) is 2.36. The minimum absolute atomic E-state index is 0.722. The quantitative estimate of drug-likeness (QED) is 0.837. The van der Waals surface area contributed by atoms with Crippen LogP contribution in [0.25, 0.3) is 0 Å². The van der Waals surface area contributed by atoms with E-state index in [1.165, 1.54) is 11.1 Å². The van der Waals surface area contributed by atoms with Crippen LogP contribution in [0.1, 0.15) is 23.1 Å². The van der Waals surface area contributed by atoms with E-state index in [4.69, 9.17) is 17.3 Å². The van der Waals surface area contributed by atoms with Crippen molar-refractivity contribution >= 4 is 11.6 Å². The van der Waals surface area contributed by atoms with Gasteiger partial charge < -0.3 is 5.73 Å². The number of halogens is 1. The van der Waals surface area contributed by atoms with Gasteiger partial charge in [0, 0.05) is 24.7 Å². The minimum Gasteiger partial charge on any atom is -0.330 e. The molecule has 0 spiro atoms. The molecule has 2 nitrogen and oxygen atoms in total. The summed E-state index contributed by atoms with van der Waals surface area (Å²) in [6.07, 6.45) is 1.01. The van der Waals surface area contributed by atoms with E-state index < -0.39 is 0 Å². The summed E-state index contributed by atoms with van der Waals surface area (Å²) in [4.78, 5) is 2.42. The summed E-state index contributed by atoms with van der Waals surface area (Å²) in [5.41, 5.74) is 9.36. The van der Waals surface area contributed by atoms with Crippen molar-refractivity contribution in [2.24, 2.45) is 5.73 Å². The molecule has 2 aromatic rings. The van der Waals surface area contributed by atoms with Crippen LogP contribution in [0.15, 0.2) is 48.5 Å². The van der Waals surface area contributed by atoms with Gasteiger partial charge >= 0.3 is 0 Å². The van der Waals surface area contributed by atoms with Crippen molar-refractivity contribution in [3.05, 3.63) is 70.2 Å². The summed E-state index contributed by atoms with van der Waals surface area (Å²) >= 11 is 6.22. The lowest BCUT2D eigenvalue weighted by atomic mass is 10.1. The second-order valence-corrected chi connectivity index (χ2v) is 5.83. The van der Waals surface area contributed by atoms with Crippen LogP contribution in [0.2, 0.25) is 5.02 Å². The smallest absolute Gasteiger partial charge is 0.0438 e. The number of benzene rings is 2. The van der Waals surface area contributed by atoms with Gasteiger partial charge in [-0.05, 0) is 42.6 Å². The van der Waals surface area contributed by atoms with Crippen molar-refractivity contribution in [3.8, 4) is 0 Å². The Balaban J connectivity index is 2.06. The zero-order chi connectivity index (χ0) is 15.1. The van der Waals surface area contributed by atoms with Gasteiger partial charge in [0.15, 0.2) is 0 Å². The van der Waals surface area contributed by atoms with Gasteiger partial charge in [-0.15, -0.1) is 0 Å². The van der Waals surface area contributed by atoms with Crippen molar-refractivity contribution in [1.29, 1.82) is 0 Å². The zero-order valence-electron chi connectivity index (χ0n) is 12.6. The lowest BCUT2D eigenvalue weighted by Gasteiger charge is -2.22. The zero-order valence-corrected chi connectivity index (χ0v) is 13.3. The highest BCUT2D eigenvalue weighted by molar-refractivity contribution is 6.31. The van der Waals surface area contributed by atoms with Crippen molar-refractivity contribution in [3.63, 3.8) is 0 Å². The Morgan fingerprint density at radius 2 is 1.71 bits per heavy atom. The summed E-state index contributed by atoms with van der Waals surface area (Å²) < 4.78 is 0. The number of nitrogens with zero attached hydrogens (tertiary/aromatic N) is 1. The van der Waals surface area contributed by atoms with Crippen LogP contribution in [-0.2, 0) is 13.1 Å². The third kappa shape index (κ3) is 5.16. The summed E-state index contributed by atoms with van der Waals surface area (Å²) in [7, 11) is 0. The van der Waals surface area contributed by atoms with E-state index in [1.807, 2.05) is 13.0 Å². The van der Waals surface area contributed by atoms with Crippen LogP contribution in [0.3, 0.4) is 0 Å². The standard InChI is InChI=1S/C18H23ClN2/c1-15-8-9-17(12-18(15)19)14-21(11-5-10-20)13-16-6-3-2-4-7-16/h2-4,6-9,12H,5,10-11,13-14,20H2,1H3. The number of rotatable bonds is 7. The Labute approximate surface area is 132 Å². The summed E-state index contributed by atoms with van der Waals surface area (Å²) in [6.45, 7) is 5.58. The van der Waals surface area contributed by atoms with Crippen LogP contribution < -0.4 is 5.73 Å². The average molecular weight is 303 g/mol. The van der Waals surface area contributed by atoms with E-state index in [-0.39, 0.29) is 0 Å². The van der Waals surface area contributed by atoms with Crippen LogP contribution in [0, 0.1) is 6.92 Å². The maximum Gasteiger partial charge on any atom is 0.0438 e. The summed E-state index contributed by atoms with van der Waals surface area (Å²) in [5.74, 6) is 0. The second-order valence-electron chi connectivity index (χ2n) is 5.42. The normalized spacial score (nSPS) is 11.0. The van der Waals surface area contributed by atoms with E-state index in [0.717, 1.165) is 43.2 Å². The molecule has 0 bridgehead atoms. The van der Waals surface area contributed by atoms with Crippen LogP contribution in [0.5, 0.6) is 0 Å². The molecule has 112 valence electrons. The largest absolute Gasteiger partial charge is 0.330 e. The number of hydrogen-bond donors (Lipinski definition) is 1. The minimum atomic E-state index is 0.722. The molecule has 0 atom stereocenters. The fraction of sp³-hybridized carbons (Fsp3) is 0.333. The van der Waals surface area contributed by atoms with E-state index in [9.17, 15) is 0 Å². The molecule has 2 N–H and O–H groups in total. The first-order valence-corrected chi connectivity index (χ1v) is 7.78. The molecule has 21 heavy (non-hydrogen) atoms. The van der Waals surface area contributed by atoms with Crippen molar-refractivity contribution in [1.82, 2.24) is 4.90 Å². The second kappa shape index (κ2) is 8.18. The van der Waals surface area contributed by atoms with Gasteiger partial charge in [-0.2, -0.15) is 0 Å². The topological polar surface area (TPSA) is 29.3 Å². The number of aryl methyl sites for hydroxylation is 1. The van der Waals surface area contributed by atoms with Gasteiger partial charge in [-0.3, -0.25) is 4.90 Å². The molecule has 0 saturated carbocycles. The summed E-state index contributed by atoms with van der Waals surface area (Å²) in [6, 6.07) is 16.8. The molecule has 0 fully saturated rings. The predicted molar refractivity (Wildman–Crippen MR) is 90.4 cm³/mol. The molecule has 2 rings (SSSR count). The number of hydrogen-bond acceptors (Lipinski definition) is 2. The van der Waals surface area contributed by atoms with Gasteiger partial charge in [0.1, 0.15) is 0 Å². The average Bonchev–Trinajstić information content (AvgIpc) is 2.49. The number of nitrogens with two attached hydrogens (primary N) is 1. The van der Waals surface area contributed by atoms with Crippen molar-refractivity contribution in [2.75, 3.05) is 13.1 Å². The molecular formula is C18H23ClN2.